The lowest BCUT2D eigenvalue weighted by Crippen LogP contribution is -2.18. The van der Waals surface area contributed by atoms with E-state index in [1.807, 2.05) is 0 Å². The number of nitrogens with zero attached hydrogens (tertiary/aromatic N) is 1. The molecule has 1 rings (SSSR count). The summed E-state index contributed by atoms with van der Waals surface area (Å²) in [5, 5.41) is 8.74. The van der Waals surface area contributed by atoms with Gasteiger partial charge in [-0.3, -0.25) is 0 Å². The smallest absolute Gasteiger partial charge is 0.403 e. The number of hydrogen-bond acceptors (Lipinski definition) is 4. The Morgan fingerprint density at radius 2 is 1.94 bits per heavy atom. The van der Waals surface area contributed by atoms with Crippen LogP contribution in [0.2, 0.25) is 0 Å². The Morgan fingerprint density at radius 1 is 1.39 bits per heavy atom. The molecule has 0 saturated heterocycles. The fourth-order valence-electron chi connectivity index (χ4n) is 1.06. The number of benzene rings is 1. The molecule has 0 aromatic heterocycles. The molecule has 0 fully saturated rings. The average molecular weight is 365 g/mol. The van der Waals surface area contributed by atoms with Gasteiger partial charge in [0, 0.05) is 10.7 Å². The minimum Gasteiger partial charge on any atom is -0.403 e. The van der Waals surface area contributed by atoms with Crippen molar-refractivity contribution in [2.45, 2.75) is 11.3 Å². The zero-order chi connectivity index (χ0) is 14.1. The van der Waals surface area contributed by atoms with Crippen LogP contribution < -0.4 is 4.74 Å². The van der Waals surface area contributed by atoms with Crippen molar-refractivity contribution in [3.05, 3.63) is 22.2 Å². The molecule has 0 atom stereocenters. The van der Waals surface area contributed by atoms with Crippen LogP contribution in [0.25, 0.3) is 0 Å². The Bertz CT molecular complexity index is 624. The van der Waals surface area contributed by atoms with E-state index in [0.717, 1.165) is 12.1 Å². The van der Waals surface area contributed by atoms with Crippen LogP contribution in [0, 0.1) is 11.3 Å². The predicted octanol–water partition coefficient (Wildman–Crippen LogP) is 3.15. The van der Waals surface area contributed by atoms with E-state index in [-0.39, 0.29) is 4.47 Å². The van der Waals surface area contributed by atoms with E-state index in [4.69, 9.17) is 15.9 Å². The van der Waals surface area contributed by atoms with Crippen molar-refractivity contribution in [1.29, 1.82) is 5.26 Å². The van der Waals surface area contributed by atoms with E-state index in [9.17, 15) is 21.6 Å². The van der Waals surface area contributed by atoms with Gasteiger partial charge in [0.25, 0.3) is 9.05 Å². The average Bonchev–Trinajstić information content (AvgIpc) is 2.17. The SMILES string of the molecule is N#Cc1c(S(=O)(=O)Cl)ccc(Br)c1OC(F)(F)F. The van der Waals surface area contributed by atoms with Crippen LogP contribution in [-0.2, 0) is 9.05 Å². The van der Waals surface area contributed by atoms with Crippen LogP contribution in [0.5, 0.6) is 5.75 Å². The molecule has 4 nitrogen and oxygen atoms in total. The van der Waals surface area contributed by atoms with E-state index >= 15 is 0 Å². The second-order valence-corrected chi connectivity index (χ2v) is 6.24. The Kier molecular flexibility index (Phi) is 4.15. The number of alkyl halides is 3. The highest BCUT2D eigenvalue weighted by Gasteiger charge is 2.34. The summed E-state index contributed by atoms with van der Waals surface area (Å²) in [6, 6.07) is 3.20. The van der Waals surface area contributed by atoms with Gasteiger partial charge in [-0.25, -0.2) is 8.42 Å². The molecule has 0 spiro atoms. The summed E-state index contributed by atoms with van der Waals surface area (Å²) in [6.45, 7) is 0. The zero-order valence-corrected chi connectivity index (χ0v) is 11.3. The number of ether oxygens (including phenoxy) is 1. The second kappa shape index (κ2) is 4.95. The maximum atomic E-state index is 12.1. The van der Waals surface area contributed by atoms with Crippen molar-refractivity contribution in [1.82, 2.24) is 0 Å². The van der Waals surface area contributed by atoms with Crippen molar-refractivity contribution in [2.75, 3.05) is 0 Å². The third-order valence-corrected chi connectivity index (χ3v) is 3.65. The zero-order valence-electron chi connectivity index (χ0n) is 8.12. The molecule has 0 saturated carbocycles. The van der Waals surface area contributed by atoms with Crippen LogP contribution in [0.1, 0.15) is 5.56 Å². The van der Waals surface area contributed by atoms with Gasteiger partial charge in [-0.2, -0.15) is 5.26 Å². The van der Waals surface area contributed by atoms with Gasteiger partial charge < -0.3 is 4.74 Å². The molecule has 0 amide bonds. The van der Waals surface area contributed by atoms with Crippen LogP contribution in [0.3, 0.4) is 0 Å². The number of nitriles is 1. The van der Waals surface area contributed by atoms with Gasteiger partial charge in [-0.1, -0.05) is 0 Å². The van der Waals surface area contributed by atoms with E-state index in [0.29, 0.717) is 0 Å². The highest BCUT2D eigenvalue weighted by molar-refractivity contribution is 9.10. The molecular weight excluding hydrogens is 363 g/mol. The van der Waals surface area contributed by atoms with Gasteiger partial charge in [0.2, 0.25) is 0 Å². The minimum absolute atomic E-state index is 0.222. The summed E-state index contributed by atoms with van der Waals surface area (Å²) in [5.74, 6) is -0.952. The van der Waals surface area contributed by atoms with Gasteiger partial charge in [0.05, 0.1) is 4.47 Å². The van der Waals surface area contributed by atoms with Gasteiger partial charge in [0.1, 0.15) is 16.5 Å². The largest absolute Gasteiger partial charge is 0.573 e. The molecule has 0 unspecified atom stereocenters. The summed E-state index contributed by atoms with van der Waals surface area (Å²) >= 11 is 2.73. The Hall–Kier alpha value is -0.980. The van der Waals surface area contributed by atoms with Crippen molar-refractivity contribution in [2.24, 2.45) is 0 Å². The molecular formula is C8H2BrClF3NO3S. The number of halogens is 5. The van der Waals surface area contributed by atoms with Crippen LogP contribution in [0.4, 0.5) is 13.2 Å². The van der Waals surface area contributed by atoms with E-state index in [1.165, 1.54) is 6.07 Å². The summed E-state index contributed by atoms with van der Waals surface area (Å²) in [5.41, 5.74) is -0.822. The monoisotopic (exact) mass is 363 g/mol. The molecule has 0 aliphatic carbocycles. The normalized spacial score (nSPS) is 12.0. The summed E-state index contributed by atoms with van der Waals surface area (Å²) in [6.07, 6.45) is -5.07. The standard InChI is InChI=1S/C8H2BrClF3NO3S/c9-5-1-2-6(18(10,15)16)4(3-14)7(5)17-8(11,12)13/h1-2H. The maximum Gasteiger partial charge on any atom is 0.573 e. The first kappa shape index (κ1) is 15.1. The molecule has 0 radical (unpaired) electrons. The summed E-state index contributed by atoms with van der Waals surface area (Å²) in [4.78, 5) is -0.755. The van der Waals surface area contributed by atoms with E-state index < -0.39 is 31.6 Å². The first-order valence-corrected chi connectivity index (χ1v) is 7.09. The molecule has 18 heavy (non-hydrogen) atoms. The van der Waals surface area contributed by atoms with Crippen LogP contribution in [-0.4, -0.2) is 14.8 Å². The van der Waals surface area contributed by atoms with E-state index in [2.05, 4.69) is 20.7 Å². The number of rotatable bonds is 2. The molecule has 0 aliphatic heterocycles. The van der Waals surface area contributed by atoms with Gasteiger partial charge in [-0.05, 0) is 28.1 Å². The molecule has 0 N–H and O–H groups in total. The van der Waals surface area contributed by atoms with Gasteiger partial charge in [-0.15, -0.1) is 13.2 Å². The molecule has 1 aromatic carbocycles. The van der Waals surface area contributed by atoms with Crippen LogP contribution >= 0.6 is 26.6 Å². The van der Waals surface area contributed by atoms with Crippen molar-refractivity contribution in [3.8, 4) is 11.8 Å². The lowest BCUT2D eigenvalue weighted by atomic mass is 10.2. The molecule has 1 aromatic rings. The Labute approximate surface area is 112 Å². The first-order valence-electron chi connectivity index (χ1n) is 3.99. The topological polar surface area (TPSA) is 67.2 Å². The minimum atomic E-state index is -5.07. The fourth-order valence-corrected chi connectivity index (χ4v) is 2.47. The quantitative estimate of drug-likeness (QED) is 0.756. The van der Waals surface area contributed by atoms with Crippen molar-refractivity contribution >= 4 is 35.7 Å². The van der Waals surface area contributed by atoms with E-state index in [1.54, 1.807) is 0 Å². The lowest BCUT2D eigenvalue weighted by molar-refractivity contribution is -0.275. The molecule has 0 bridgehead atoms. The third-order valence-electron chi connectivity index (χ3n) is 1.66. The second-order valence-electron chi connectivity index (χ2n) is 2.85. The Morgan fingerprint density at radius 3 is 2.33 bits per heavy atom. The molecule has 98 valence electrons. The highest BCUT2D eigenvalue weighted by atomic mass is 79.9. The maximum absolute atomic E-state index is 12.1. The van der Waals surface area contributed by atoms with Gasteiger partial charge >= 0.3 is 6.36 Å². The molecule has 0 heterocycles. The number of hydrogen-bond donors (Lipinski definition) is 0. The highest BCUT2D eigenvalue weighted by Crippen LogP contribution is 2.37. The summed E-state index contributed by atoms with van der Waals surface area (Å²) in [7, 11) is 0.648. The third kappa shape index (κ3) is 3.51. The van der Waals surface area contributed by atoms with Crippen molar-refractivity contribution in [3.63, 3.8) is 0 Å². The van der Waals surface area contributed by atoms with Crippen LogP contribution in [0.15, 0.2) is 21.5 Å². The predicted molar refractivity (Wildman–Crippen MR) is 58.6 cm³/mol. The molecule has 0 aliphatic rings. The van der Waals surface area contributed by atoms with Crippen molar-refractivity contribution < 1.29 is 26.3 Å². The Balaban J connectivity index is 3.57. The first-order chi connectivity index (χ1) is 8.06. The fraction of sp³-hybridized carbons (Fsp3) is 0.125. The lowest BCUT2D eigenvalue weighted by Gasteiger charge is -2.13. The molecule has 10 heteroatoms. The van der Waals surface area contributed by atoms with Gasteiger partial charge in [0.15, 0.2) is 5.75 Å². The summed E-state index contributed by atoms with van der Waals surface area (Å²) < 4.78 is 62.0.